The fourth-order valence-electron chi connectivity index (χ4n) is 2.65. The standard InChI is InChI=1S/C21H27NO6S/c1-7-26-15-9-13(3)14(10-16(15)27-8-2)11-17-19(24)22(20(25)29-17)12-18(23)28-21(4,5)6/h9-11H,7-8,12H2,1-6H3/b17-11-. The van der Waals surface area contributed by atoms with Crippen molar-refractivity contribution in [2.24, 2.45) is 0 Å². The molecule has 0 radical (unpaired) electrons. The lowest BCUT2D eigenvalue weighted by Gasteiger charge is -2.21. The lowest BCUT2D eigenvalue weighted by Crippen LogP contribution is -2.37. The van der Waals surface area contributed by atoms with E-state index in [1.165, 1.54) is 0 Å². The second-order valence-corrected chi connectivity index (χ2v) is 8.37. The first-order chi connectivity index (χ1) is 13.6. The van der Waals surface area contributed by atoms with Gasteiger partial charge in [-0.05, 0) is 82.6 Å². The first-order valence-electron chi connectivity index (χ1n) is 9.43. The molecule has 7 nitrogen and oxygen atoms in total. The van der Waals surface area contributed by atoms with E-state index in [9.17, 15) is 14.4 Å². The molecule has 29 heavy (non-hydrogen) atoms. The summed E-state index contributed by atoms with van der Waals surface area (Å²) < 4.78 is 16.4. The SMILES string of the molecule is CCOc1cc(C)c(/C=C2\SC(=O)N(CC(=O)OC(C)(C)C)C2=O)cc1OCC. The van der Waals surface area contributed by atoms with Crippen LogP contribution in [0.2, 0.25) is 0 Å². The van der Waals surface area contributed by atoms with Crippen molar-refractivity contribution < 1.29 is 28.6 Å². The number of imide groups is 1. The molecule has 1 aromatic carbocycles. The molecule has 2 rings (SSSR count). The van der Waals surface area contributed by atoms with Gasteiger partial charge in [-0.15, -0.1) is 0 Å². The quantitative estimate of drug-likeness (QED) is 0.483. The van der Waals surface area contributed by atoms with E-state index >= 15 is 0 Å². The highest BCUT2D eigenvalue weighted by molar-refractivity contribution is 8.18. The van der Waals surface area contributed by atoms with Gasteiger partial charge < -0.3 is 14.2 Å². The minimum Gasteiger partial charge on any atom is -0.490 e. The van der Waals surface area contributed by atoms with Crippen LogP contribution in [-0.4, -0.2) is 47.4 Å². The second-order valence-electron chi connectivity index (χ2n) is 7.38. The Balaban J connectivity index is 2.26. The Hall–Kier alpha value is -2.48. The Bertz CT molecular complexity index is 840. The Morgan fingerprint density at radius 3 is 2.24 bits per heavy atom. The zero-order valence-electron chi connectivity index (χ0n) is 17.7. The molecule has 158 valence electrons. The maximum atomic E-state index is 12.7. The van der Waals surface area contributed by atoms with Gasteiger partial charge in [-0.2, -0.15) is 0 Å². The van der Waals surface area contributed by atoms with Crippen molar-refractivity contribution in [2.75, 3.05) is 19.8 Å². The topological polar surface area (TPSA) is 82.1 Å². The molecule has 1 aliphatic heterocycles. The van der Waals surface area contributed by atoms with Crippen LogP contribution in [-0.2, 0) is 14.3 Å². The lowest BCUT2D eigenvalue weighted by atomic mass is 10.1. The van der Waals surface area contributed by atoms with Crippen molar-refractivity contribution in [3.63, 3.8) is 0 Å². The molecule has 2 amide bonds. The molecule has 1 heterocycles. The predicted octanol–water partition coefficient (Wildman–Crippen LogP) is 4.17. The molecule has 0 bridgehead atoms. The highest BCUT2D eigenvalue weighted by Crippen LogP contribution is 2.36. The predicted molar refractivity (Wildman–Crippen MR) is 112 cm³/mol. The van der Waals surface area contributed by atoms with Gasteiger partial charge in [0.05, 0.1) is 18.1 Å². The number of amides is 2. The Labute approximate surface area is 175 Å². The summed E-state index contributed by atoms with van der Waals surface area (Å²) in [5.74, 6) is 0.0512. The molecule has 1 fully saturated rings. The van der Waals surface area contributed by atoms with E-state index in [2.05, 4.69) is 0 Å². The number of aryl methyl sites for hydroxylation is 1. The minimum absolute atomic E-state index is 0.244. The van der Waals surface area contributed by atoms with Crippen LogP contribution < -0.4 is 9.47 Å². The van der Waals surface area contributed by atoms with Gasteiger partial charge in [-0.3, -0.25) is 19.3 Å². The number of ether oxygens (including phenoxy) is 3. The van der Waals surface area contributed by atoms with Crippen LogP contribution in [0.4, 0.5) is 4.79 Å². The van der Waals surface area contributed by atoms with Crippen molar-refractivity contribution in [3.8, 4) is 11.5 Å². The molecular formula is C21H27NO6S. The largest absolute Gasteiger partial charge is 0.490 e. The molecule has 0 aliphatic carbocycles. The third kappa shape index (κ3) is 6.00. The first-order valence-corrected chi connectivity index (χ1v) is 10.2. The van der Waals surface area contributed by atoms with E-state index in [1.54, 1.807) is 32.9 Å². The maximum Gasteiger partial charge on any atom is 0.326 e. The number of hydrogen-bond donors (Lipinski definition) is 0. The summed E-state index contributed by atoms with van der Waals surface area (Å²) in [6.45, 7) is 11.4. The van der Waals surface area contributed by atoms with Crippen molar-refractivity contribution in [2.45, 2.75) is 47.1 Å². The van der Waals surface area contributed by atoms with Gasteiger partial charge in [-0.25, -0.2) is 0 Å². The summed E-state index contributed by atoms with van der Waals surface area (Å²) in [7, 11) is 0. The molecule has 8 heteroatoms. The number of hydrogen-bond acceptors (Lipinski definition) is 7. The molecule has 1 aliphatic rings. The molecule has 0 aromatic heterocycles. The van der Waals surface area contributed by atoms with Crippen LogP contribution in [0.1, 0.15) is 45.7 Å². The summed E-state index contributed by atoms with van der Waals surface area (Å²) in [6, 6.07) is 3.62. The molecule has 0 saturated carbocycles. The van der Waals surface area contributed by atoms with Crippen LogP contribution in [0.15, 0.2) is 17.0 Å². The third-order valence-corrected chi connectivity index (χ3v) is 4.71. The zero-order chi connectivity index (χ0) is 21.8. The summed E-state index contributed by atoms with van der Waals surface area (Å²) in [4.78, 5) is 38.1. The molecule has 0 atom stereocenters. The monoisotopic (exact) mass is 421 g/mol. The van der Waals surface area contributed by atoms with Crippen LogP contribution in [0.5, 0.6) is 11.5 Å². The van der Waals surface area contributed by atoms with Crippen LogP contribution >= 0.6 is 11.8 Å². The van der Waals surface area contributed by atoms with Crippen LogP contribution in [0.3, 0.4) is 0 Å². The van der Waals surface area contributed by atoms with Crippen LogP contribution in [0, 0.1) is 6.92 Å². The molecule has 0 spiro atoms. The maximum absolute atomic E-state index is 12.7. The van der Waals surface area contributed by atoms with E-state index in [0.717, 1.165) is 27.8 Å². The number of benzene rings is 1. The van der Waals surface area contributed by atoms with Gasteiger partial charge in [-0.1, -0.05) is 0 Å². The van der Waals surface area contributed by atoms with Gasteiger partial charge in [0.15, 0.2) is 11.5 Å². The highest BCUT2D eigenvalue weighted by atomic mass is 32.2. The average Bonchev–Trinajstić information content (AvgIpc) is 2.85. The molecule has 0 N–H and O–H groups in total. The molecule has 1 saturated heterocycles. The van der Waals surface area contributed by atoms with Crippen LogP contribution in [0.25, 0.3) is 6.08 Å². The number of carbonyl (C=O) groups excluding carboxylic acids is 3. The fourth-order valence-corrected chi connectivity index (χ4v) is 3.48. The van der Waals surface area contributed by atoms with Gasteiger partial charge in [0.1, 0.15) is 12.1 Å². The Morgan fingerprint density at radius 1 is 1.10 bits per heavy atom. The normalized spacial score (nSPS) is 15.8. The van der Waals surface area contributed by atoms with E-state index in [4.69, 9.17) is 14.2 Å². The fraction of sp³-hybridized carbons (Fsp3) is 0.476. The Kier molecular flexibility index (Phi) is 7.35. The van der Waals surface area contributed by atoms with Gasteiger partial charge >= 0.3 is 5.97 Å². The minimum atomic E-state index is -0.691. The van der Waals surface area contributed by atoms with E-state index in [-0.39, 0.29) is 4.91 Å². The molecular weight excluding hydrogens is 394 g/mol. The molecule has 0 unspecified atom stereocenters. The highest BCUT2D eigenvalue weighted by Gasteiger charge is 2.37. The third-order valence-electron chi connectivity index (χ3n) is 3.80. The van der Waals surface area contributed by atoms with E-state index < -0.39 is 29.3 Å². The van der Waals surface area contributed by atoms with E-state index in [1.807, 2.05) is 26.8 Å². The van der Waals surface area contributed by atoms with E-state index in [0.29, 0.717) is 24.7 Å². The van der Waals surface area contributed by atoms with Gasteiger partial charge in [0, 0.05) is 0 Å². The van der Waals surface area contributed by atoms with Crippen molar-refractivity contribution >= 4 is 35.0 Å². The second kappa shape index (κ2) is 9.35. The zero-order valence-corrected chi connectivity index (χ0v) is 18.5. The number of esters is 1. The number of rotatable bonds is 7. The number of thioether (sulfide) groups is 1. The lowest BCUT2D eigenvalue weighted by molar-refractivity contribution is -0.156. The summed E-state index contributed by atoms with van der Waals surface area (Å²) >= 11 is 0.798. The summed E-state index contributed by atoms with van der Waals surface area (Å²) in [5.41, 5.74) is 0.916. The van der Waals surface area contributed by atoms with Gasteiger partial charge in [0.2, 0.25) is 0 Å². The average molecular weight is 422 g/mol. The summed E-state index contributed by atoms with van der Waals surface area (Å²) in [5, 5.41) is -0.499. The Morgan fingerprint density at radius 2 is 1.69 bits per heavy atom. The number of carbonyl (C=O) groups is 3. The smallest absolute Gasteiger partial charge is 0.326 e. The van der Waals surface area contributed by atoms with Crippen molar-refractivity contribution in [1.82, 2.24) is 4.90 Å². The van der Waals surface area contributed by atoms with Crippen molar-refractivity contribution in [3.05, 3.63) is 28.2 Å². The molecule has 1 aromatic rings. The summed E-state index contributed by atoms with van der Waals surface area (Å²) in [6.07, 6.45) is 1.63. The van der Waals surface area contributed by atoms with Gasteiger partial charge in [0.25, 0.3) is 11.1 Å². The first kappa shape index (κ1) is 22.8. The number of nitrogens with zero attached hydrogens (tertiary/aromatic N) is 1. The van der Waals surface area contributed by atoms with Crippen molar-refractivity contribution in [1.29, 1.82) is 0 Å².